The minimum Gasteiger partial charge on any atom is -0.378 e. The summed E-state index contributed by atoms with van der Waals surface area (Å²) >= 11 is 0. The zero-order valence-corrected chi connectivity index (χ0v) is 11.0. The summed E-state index contributed by atoms with van der Waals surface area (Å²) in [7, 11) is 0. The van der Waals surface area contributed by atoms with E-state index in [1.54, 1.807) is 12.1 Å². The van der Waals surface area contributed by atoms with Crippen LogP contribution in [0.1, 0.15) is 12.0 Å². The highest BCUT2D eigenvalue weighted by Gasteiger charge is 2.11. The van der Waals surface area contributed by atoms with Crippen LogP contribution in [0.5, 0.6) is 0 Å². The molecule has 1 aliphatic heterocycles. The Hall–Kier alpha value is -1.62. The van der Waals surface area contributed by atoms with Crippen molar-refractivity contribution < 1.29 is 9.13 Å². The highest BCUT2D eigenvalue weighted by Crippen LogP contribution is 2.06. The quantitative estimate of drug-likeness (QED) is 0.509. The van der Waals surface area contributed by atoms with E-state index in [0.29, 0.717) is 25.7 Å². The molecule has 0 unspecified atom stereocenters. The van der Waals surface area contributed by atoms with Gasteiger partial charge >= 0.3 is 0 Å². The average Bonchev–Trinajstić information content (AvgIpc) is 2.44. The summed E-state index contributed by atoms with van der Waals surface area (Å²) in [4.78, 5) is 6.39. The van der Waals surface area contributed by atoms with Crippen molar-refractivity contribution >= 4 is 5.96 Å². The molecule has 0 aliphatic carbocycles. The molecular weight excluding hydrogens is 245 g/mol. The molecule has 2 N–H and O–H groups in total. The van der Waals surface area contributed by atoms with Crippen molar-refractivity contribution in [2.45, 2.75) is 12.8 Å². The van der Waals surface area contributed by atoms with Gasteiger partial charge in [-0.25, -0.2) is 4.39 Å². The van der Waals surface area contributed by atoms with Gasteiger partial charge in [-0.3, -0.25) is 4.99 Å². The van der Waals surface area contributed by atoms with Gasteiger partial charge in [-0.05, 0) is 30.5 Å². The molecule has 1 aromatic carbocycles. The molecule has 1 saturated heterocycles. The number of morpholine rings is 1. The van der Waals surface area contributed by atoms with Crippen LogP contribution < -0.4 is 5.73 Å². The summed E-state index contributed by atoms with van der Waals surface area (Å²) in [6.45, 7) is 3.69. The van der Waals surface area contributed by atoms with Crippen molar-refractivity contribution in [1.29, 1.82) is 0 Å². The molecule has 0 saturated carbocycles. The van der Waals surface area contributed by atoms with E-state index in [1.165, 1.54) is 6.07 Å². The summed E-state index contributed by atoms with van der Waals surface area (Å²) in [5, 5.41) is 0. The van der Waals surface area contributed by atoms with Gasteiger partial charge in [-0.15, -0.1) is 0 Å². The van der Waals surface area contributed by atoms with Gasteiger partial charge in [0, 0.05) is 19.6 Å². The van der Waals surface area contributed by atoms with E-state index in [0.717, 1.165) is 31.5 Å². The van der Waals surface area contributed by atoms with Gasteiger partial charge in [0.25, 0.3) is 0 Å². The van der Waals surface area contributed by atoms with E-state index >= 15 is 0 Å². The number of aryl methyl sites for hydroxylation is 1. The first-order chi connectivity index (χ1) is 9.25. The monoisotopic (exact) mass is 265 g/mol. The van der Waals surface area contributed by atoms with Gasteiger partial charge in [-0.2, -0.15) is 0 Å². The second kappa shape index (κ2) is 7.09. The zero-order chi connectivity index (χ0) is 13.5. The Morgan fingerprint density at radius 1 is 1.37 bits per heavy atom. The molecule has 2 rings (SSSR count). The number of nitrogens with two attached hydrogens (primary N) is 1. The van der Waals surface area contributed by atoms with E-state index in [4.69, 9.17) is 10.5 Å². The molecule has 0 spiro atoms. The van der Waals surface area contributed by atoms with Gasteiger partial charge in [-0.1, -0.05) is 12.1 Å². The fraction of sp³-hybridized carbons (Fsp3) is 0.500. The van der Waals surface area contributed by atoms with Gasteiger partial charge < -0.3 is 15.4 Å². The number of aliphatic imine (C=N–C) groups is 1. The standard InChI is InChI=1S/C14H20FN3O/c15-13-5-1-3-12(11-13)4-2-6-17-14(16)18-7-9-19-10-8-18/h1,3,5,11H,2,4,6-10H2,(H2,16,17). The number of ether oxygens (including phenoxy) is 1. The Labute approximate surface area is 113 Å². The molecule has 19 heavy (non-hydrogen) atoms. The van der Waals surface area contributed by atoms with Crippen LogP contribution in [0, 0.1) is 5.82 Å². The van der Waals surface area contributed by atoms with Crippen molar-refractivity contribution in [3.05, 3.63) is 35.6 Å². The Balaban J connectivity index is 1.73. The SMILES string of the molecule is NC(=NCCCc1cccc(F)c1)N1CCOCC1. The molecule has 4 nitrogen and oxygen atoms in total. The summed E-state index contributed by atoms with van der Waals surface area (Å²) in [5.74, 6) is 0.399. The molecule has 0 aromatic heterocycles. The van der Waals surface area contributed by atoms with E-state index in [1.807, 2.05) is 11.0 Å². The minimum absolute atomic E-state index is 0.186. The fourth-order valence-corrected chi connectivity index (χ4v) is 2.06. The van der Waals surface area contributed by atoms with Crippen LogP contribution in [0.3, 0.4) is 0 Å². The maximum Gasteiger partial charge on any atom is 0.191 e. The van der Waals surface area contributed by atoms with Crippen molar-refractivity contribution in [2.75, 3.05) is 32.8 Å². The Bertz CT molecular complexity index is 430. The molecule has 5 heteroatoms. The largest absolute Gasteiger partial charge is 0.378 e. The van der Waals surface area contributed by atoms with Gasteiger partial charge in [0.15, 0.2) is 5.96 Å². The van der Waals surface area contributed by atoms with Gasteiger partial charge in [0.05, 0.1) is 13.2 Å². The first kappa shape index (κ1) is 13.8. The van der Waals surface area contributed by atoms with E-state index in [2.05, 4.69) is 4.99 Å². The molecule has 0 atom stereocenters. The molecule has 0 radical (unpaired) electrons. The van der Waals surface area contributed by atoms with Crippen LogP contribution in [0.2, 0.25) is 0 Å². The zero-order valence-electron chi connectivity index (χ0n) is 11.0. The summed E-state index contributed by atoms with van der Waals surface area (Å²) in [6, 6.07) is 6.68. The highest BCUT2D eigenvalue weighted by atomic mass is 19.1. The second-order valence-electron chi connectivity index (χ2n) is 4.57. The Morgan fingerprint density at radius 2 is 2.16 bits per heavy atom. The third-order valence-corrected chi connectivity index (χ3v) is 3.12. The van der Waals surface area contributed by atoms with Crippen LogP contribution in [0.15, 0.2) is 29.3 Å². The maximum atomic E-state index is 13.0. The minimum atomic E-state index is -0.186. The number of nitrogens with zero attached hydrogens (tertiary/aromatic N) is 2. The lowest BCUT2D eigenvalue weighted by Gasteiger charge is -2.27. The molecule has 104 valence electrons. The third kappa shape index (κ3) is 4.52. The molecule has 1 aliphatic rings. The first-order valence-corrected chi connectivity index (χ1v) is 6.63. The topological polar surface area (TPSA) is 50.8 Å². The van der Waals surface area contributed by atoms with Crippen LogP contribution in [0.4, 0.5) is 4.39 Å². The van der Waals surface area contributed by atoms with Crippen molar-refractivity contribution in [3.63, 3.8) is 0 Å². The number of benzene rings is 1. The normalized spacial score (nSPS) is 16.7. The van der Waals surface area contributed by atoms with E-state index in [9.17, 15) is 4.39 Å². The van der Waals surface area contributed by atoms with E-state index in [-0.39, 0.29) is 5.82 Å². The maximum absolute atomic E-state index is 13.0. The van der Waals surface area contributed by atoms with Crippen molar-refractivity contribution in [1.82, 2.24) is 4.90 Å². The van der Waals surface area contributed by atoms with Crippen molar-refractivity contribution in [3.8, 4) is 0 Å². The van der Waals surface area contributed by atoms with Crippen LogP contribution >= 0.6 is 0 Å². The molecular formula is C14H20FN3O. The second-order valence-corrected chi connectivity index (χ2v) is 4.57. The number of rotatable bonds is 4. The smallest absolute Gasteiger partial charge is 0.191 e. The third-order valence-electron chi connectivity index (χ3n) is 3.12. The molecule has 1 fully saturated rings. The number of hydrogen-bond acceptors (Lipinski definition) is 2. The average molecular weight is 265 g/mol. The lowest BCUT2D eigenvalue weighted by Crippen LogP contribution is -2.44. The molecule has 1 aromatic rings. The Morgan fingerprint density at radius 3 is 2.89 bits per heavy atom. The lowest BCUT2D eigenvalue weighted by molar-refractivity contribution is 0.0674. The fourth-order valence-electron chi connectivity index (χ4n) is 2.06. The van der Waals surface area contributed by atoms with Crippen LogP contribution in [-0.4, -0.2) is 43.7 Å². The molecule has 0 amide bonds. The predicted molar refractivity (Wildman–Crippen MR) is 73.6 cm³/mol. The van der Waals surface area contributed by atoms with Gasteiger partial charge in [0.2, 0.25) is 0 Å². The summed E-state index contributed by atoms with van der Waals surface area (Å²) in [6.07, 6.45) is 1.69. The number of halogens is 1. The van der Waals surface area contributed by atoms with Gasteiger partial charge in [0.1, 0.15) is 5.82 Å². The number of guanidine groups is 1. The summed E-state index contributed by atoms with van der Waals surface area (Å²) in [5.41, 5.74) is 6.91. The lowest BCUT2D eigenvalue weighted by atomic mass is 10.1. The van der Waals surface area contributed by atoms with Crippen LogP contribution in [0.25, 0.3) is 0 Å². The van der Waals surface area contributed by atoms with E-state index < -0.39 is 0 Å². The van der Waals surface area contributed by atoms with Crippen molar-refractivity contribution in [2.24, 2.45) is 10.7 Å². The Kier molecular flexibility index (Phi) is 5.15. The number of hydrogen-bond donors (Lipinski definition) is 1. The highest BCUT2D eigenvalue weighted by molar-refractivity contribution is 5.78. The predicted octanol–water partition coefficient (Wildman–Crippen LogP) is 1.41. The molecule has 1 heterocycles. The first-order valence-electron chi connectivity index (χ1n) is 6.63. The molecule has 0 bridgehead atoms. The van der Waals surface area contributed by atoms with Crippen LogP contribution in [-0.2, 0) is 11.2 Å². The summed E-state index contributed by atoms with van der Waals surface area (Å²) < 4.78 is 18.2.